The van der Waals surface area contributed by atoms with Crippen LogP contribution in [0.3, 0.4) is 0 Å². The summed E-state index contributed by atoms with van der Waals surface area (Å²) in [6.45, 7) is 19.6. The minimum absolute atomic E-state index is 0.0301. The molecule has 3 nitrogen and oxygen atoms in total. The van der Waals surface area contributed by atoms with Gasteiger partial charge in [-0.3, -0.25) is 0 Å². The number of hydrogen-bond acceptors (Lipinski definition) is 2. The molecule has 0 aromatic rings. The molecule has 0 saturated carbocycles. The van der Waals surface area contributed by atoms with Gasteiger partial charge in [-0.25, -0.2) is 4.79 Å². The molecule has 128 valence electrons. The summed E-state index contributed by atoms with van der Waals surface area (Å²) in [6.07, 6.45) is 4.39. The van der Waals surface area contributed by atoms with Gasteiger partial charge in [0.2, 0.25) is 0 Å². The van der Waals surface area contributed by atoms with Gasteiger partial charge < -0.3 is 9.64 Å². The number of carbonyl (C=O) groups excluding carboxylic acids is 1. The Morgan fingerprint density at radius 3 is 2.00 bits per heavy atom. The fourth-order valence-corrected chi connectivity index (χ4v) is 5.25. The summed E-state index contributed by atoms with van der Waals surface area (Å²) in [6, 6.07) is 0.306. The lowest BCUT2D eigenvalue weighted by atomic mass is 9.86. The van der Waals surface area contributed by atoms with Crippen molar-refractivity contribution in [2.45, 2.75) is 91.8 Å². The van der Waals surface area contributed by atoms with E-state index in [4.69, 9.17) is 4.74 Å². The molecule has 0 radical (unpaired) electrons. The number of carbonyl (C=O) groups is 1. The van der Waals surface area contributed by atoms with Crippen molar-refractivity contribution < 1.29 is 9.53 Å². The number of ether oxygens (including phenoxy) is 1. The predicted octanol–water partition coefficient (Wildman–Crippen LogP) is 5.23. The van der Waals surface area contributed by atoms with E-state index < -0.39 is 8.07 Å². The molecule has 0 aromatic heterocycles. The zero-order valence-electron chi connectivity index (χ0n) is 16.0. The Morgan fingerprint density at radius 1 is 1.18 bits per heavy atom. The largest absolute Gasteiger partial charge is 0.446 e. The number of allylic oxidation sites excluding steroid dienone is 1. The molecule has 4 heteroatoms. The lowest BCUT2D eigenvalue weighted by Gasteiger charge is -2.39. The number of amides is 1. The highest BCUT2D eigenvalue weighted by atomic mass is 28.3. The first kappa shape index (κ1) is 19.3. The van der Waals surface area contributed by atoms with Gasteiger partial charge in [0.15, 0.2) is 0 Å². The molecular formula is C18H35NO2Si. The lowest BCUT2D eigenvalue weighted by Crippen LogP contribution is -2.50. The van der Waals surface area contributed by atoms with Crippen molar-refractivity contribution in [1.29, 1.82) is 0 Å². The molecule has 1 aliphatic rings. The first-order valence-corrected chi connectivity index (χ1v) is 12.1. The quantitative estimate of drug-likeness (QED) is 0.511. The van der Waals surface area contributed by atoms with E-state index in [1.165, 1.54) is 5.57 Å². The molecule has 22 heavy (non-hydrogen) atoms. The van der Waals surface area contributed by atoms with Gasteiger partial charge in [0.25, 0.3) is 0 Å². The van der Waals surface area contributed by atoms with Gasteiger partial charge in [0.1, 0.15) is 5.73 Å². The first-order chi connectivity index (χ1) is 9.88. The van der Waals surface area contributed by atoms with Crippen molar-refractivity contribution in [3.05, 3.63) is 11.6 Å². The van der Waals surface area contributed by atoms with Gasteiger partial charge in [0, 0.05) is 12.1 Å². The third kappa shape index (κ3) is 4.37. The fourth-order valence-electron chi connectivity index (χ4n) is 3.36. The molecule has 0 aliphatic heterocycles. The van der Waals surface area contributed by atoms with Crippen LogP contribution < -0.4 is 0 Å². The summed E-state index contributed by atoms with van der Waals surface area (Å²) in [5, 5.41) is 0. The molecule has 0 fully saturated rings. The number of rotatable bonds is 5. The van der Waals surface area contributed by atoms with Crippen molar-refractivity contribution in [2.24, 2.45) is 5.41 Å². The first-order valence-electron chi connectivity index (χ1n) is 8.57. The molecule has 0 saturated heterocycles. The van der Waals surface area contributed by atoms with Crippen LogP contribution in [0.25, 0.3) is 0 Å². The van der Waals surface area contributed by atoms with Crippen molar-refractivity contribution in [1.82, 2.24) is 4.90 Å². The Bertz CT molecular complexity index is 425. The maximum absolute atomic E-state index is 12.7. The molecule has 1 atom stereocenters. The monoisotopic (exact) mass is 325 g/mol. The summed E-state index contributed by atoms with van der Waals surface area (Å²) >= 11 is 0. The van der Waals surface area contributed by atoms with Gasteiger partial charge in [-0.2, -0.15) is 0 Å². The van der Waals surface area contributed by atoms with Gasteiger partial charge in [0.05, 0.1) is 8.07 Å². The SMILES string of the molecule is CC(C)N(C(=O)O[C@@H](C1=CCCC1(C)C)[Si](C)(C)C)C(C)C. The van der Waals surface area contributed by atoms with Crippen LogP contribution in [0.15, 0.2) is 11.6 Å². The van der Waals surface area contributed by atoms with Crippen molar-refractivity contribution in [2.75, 3.05) is 0 Å². The van der Waals surface area contributed by atoms with E-state index in [-0.39, 0.29) is 29.3 Å². The van der Waals surface area contributed by atoms with Crippen LogP contribution in [0, 0.1) is 5.41 Å². The molecule has 0 spiro atoms. The summed E-state index contributed by atoms with van der Waals surface area (Å²) in [5.74, 6) is 0. The van der Waals surface area contributed by atoms with Gasteiger partial charge in [-0.15, -0.1) is 0 Å². The minimum atomic E-state index is -1.66. The van der Waals surface area contributed by atoms with Crippen molar-refractivity contribution >= 4 is 14.2 Å². The molecule has 0 unspecified atom stereocenters. The maximum Gasteiger partial charge on any atom is 0.410 e. The van der Waals surface area contributed by atoms with E-state index in [0.29, 0.717) is 0 Å². The Balaban J connectivity index is 3.04. The van der Waals surface area contributed by atoms with Crippen LogP contribution in [0.4, 0.5) is 4.79 Å². The van der Waals surface area contributed by atoms with E-state index in [0.717, 1.165) is 12.8 Å². The van der Waals surface area contributed by atoms with Crippen LogP contribution in [0.5, 0.6) is 0 Å². The van der Waals surface area contributed by atoms with E-state index in [2.05, 4.69) is 39.6 Å². The third-order valence-corrected chi connectivity index (χ3v) is 6.53. The number of nitrogens with zero attached hydrogens (tertiary/aromatic N) is 1. The summed E-state index contributed by atoms with van der Waals surface area (Å²) in [7, 11) is -1.66. The van der Waals surface area contributed by atoms with E-state index in [1.807, 2.05) is 32.6 Å². The second-order valence-corrected chi connectivity index (χ2v) is 14.1. The second-order valence-electron chi connectivity index (χ2n) is 8.81. The molecule has 1 amide bonds. The Morgan fingerprint density at radius 2 is 1.68 bits per heavy atom. The van der Waals surface area contributed by atoms with Crippen LogP contribution in [-0.4, -0.2) is 36.9 Å². The second kappa shape index (κ2) is 6.77. The summed E-state index contributed by atoms with van der Waals surface area (Å²) < 4.78 is 6.10. The lowest BCUT2D eigenvalue weighted by molar-refractivity contribution is 0.0703. The molecule has 1 rings (SSSR count). The van der Waals surface area contributed by atoms with E-state index in [9.17, 15) is 4.79 Å². The normalized spacial score (nSPS) is 19.3. The van der Waals surface area contributed by atoms with Crippen LogP contribution in [0.2, 0.25) is 19.6 Å². The Labute approximate surface area is 138 Å². The smallest absolute Gasteiger partial charge is 0.410 e. The summed E-state index contributed by atoms with van der Waals surface area (Å²) in [5.41, 5.74) is 1.45. The summed E-state index contributed by atoms with van der Waals surface area (Å²) in [4.78, 5) is 14.6. The third-order valence-electron chi connectivity index (χ3n) is 4.53. The maximum atomic E-state index is 12.7. The van der Waals surface area contributed by atoms with Gasteiger partial charge >= 0.3 is 6.09 Å². The Hall–Kier alpha value is -0.773. The highest BCUT2D eigenvalue weighted by molar-refractivity contribution is 6.78. The van der Waals surface area contributed by atoms with E-state index >= 15 is 0 Å². The minimum Gasteiger partial charge on any atom is -0.446 e. The average molecular weight is 326 g/mol. The van der Waals surface area contributed by atoms with Crippen LogP contribution >= 0.6 is 0 Å². The molecule has 0 bridgehead atoms. The Kier molecular flexibility index (Phi) is 5.93. The fraction of sp³-hybridized carbons (Fsp3) is 0.833. The zero-order chi connectivity index (χ0) is 17.3. The van der Waals surface area contributed by atoms with Gasteiger partial charge in [-0.1, -0.05) is 39.6 Å². The molecular weight excluding hydrogens is 290 g/mol. The molecule has 0 aromatic carbocycles. The van der Waals surface area contributed by atoms with Crippen LogP contribution in [0.1, 0.15) is 54.4 Å². The highest BCUT2D eigenvalue weighted by Crippen LogP contribution is 2.43. The van der Waals surface area contributed by atoms with Crippen molar-refractivity contribution in [3.63, 3.8) is 0 Å². The number of hydrogen-bond donors (Lipinski definition) is 0. The highest BCUT2D eigenvalue weighted by Gasteiger charge is 2.42. The molecule has 1 aliphatic carbocycles. The van der Waals surface area contributed by atoms with Gasteiger partial charge in [-0.05, 0) is 51.5 Å². The zero-order valence-corrected chi connectivity index (χ0v) is 17.0. The van der Waals surface area contributed by atoms with Crippen LogP contribution in [-0.2, 0) is 4.74 Å². The van der Waals surface area contributed by atoms with Crippen molar-refractivity contribution in [3.8, 4) is 0 Å². The average Bonchev–Trinajstić information content (AvgIpc) is 2.63. The van der Waals surface area contributed by atoms with E-state index in [1.54, 1.807) is 0 Å². The standard InChI is InChI=1S/C18H35NO2Si/c1-13(2)19(14(3)4)17(20)21-16(22(7,8)9)15-11-10-12-18(15,5)6/h11,13-14,16H,10,12H2,1-9H3/t16-/m1/s1. The molecule has 0 N–H and O–H groups in total. The topological polar surface area (TPSA) is 29.5 Å². The molecule has 0 heterocycles. The predicted molar refractivity (Wildman–Crippen MR) is 96.8 cm³/mol.